The third-order valence-corrected chi connectivity index (χ3v) is 7.37. The minimum Gasteiger partial charge on any atom is -0.449 e. The van der Waals surface area contributed by atoms with Crippen LogP contribution in [0, 0.1) is 5.82 Å². The summed E-state index contributed by atoms with van der Waals surface area (Å²) in [7, 11) is -4.04. The van der Waals surface area contributed by atoms with Gasteiger partial charge in [0.25, 0.3) is 5.91 Å². The number of ether oxygens (including phenoxy) is 1. The Morgan fingerprint density at radius 3 is 2.45 bits per heavy atom. The number of rotatable bonds is 6. The topological polar surface area (TPSA) is 92.8 Å². The summed E-state index contributed by atoms with van der Waals surface area (Å²) < 4.78 is 46.2. The molecule has 1 heterocycles. The van der Waals surface area contributed by atoms with E-state index in [0.29, 0.717) is 13.1 Å². The summed E-state index contributed by atoms with van der Waals surface area (Å²) in [4.78, 5) is 24.1. The lowest BCUT2D eigenvalue weighted by molar-refractivity contribution is -0.129. The van der Waals surface area contributed by atoms with E-state index in [1.807, 2.05) is 0 Å². The molecule has 1 amide bonds. The van der Waals surface area contributed by atoms with Crippen molar-refractivity contribution in [3.05, 3.63) is 29.6 Å². The second-order valence-electron chi connectivity index (χ2n) is 7.65. The first kappa shape index (κ1) is 21.7. The molecule has 0 aromatic heterocycles. The van der Waals surface area contributed by atoms with Gasteiger partial charge < -0.3 is 10.1 Å². The molecule has 160 valence electrons. The van der Waals surface area contributed by atoms with Gasteiger partial charge in [-0.15, -0.1) is 0 Å². The summed E-state index contributed by atoms with van der Waals surface area (Å²) in [5, 5.41) is 2.84. The smallest absolute Gasteiger partial charge is 0.338 e. The lowest BCUT2D eigenvalue weighted by atomic mass is 10.2. The minimum absolute atomic E-state index is 0.0933. The van der Waals surface area contributed by atoms with Crippen LogP contribution in [0.25, 0.3) is 0 Å². The molecule has 3 rings (SSSR count). The molecule has 1 aliphatic heterocycles. The fourth-order valence-corrected chi connectivity index (χ4v) is 5.35. The quantitative estimate of drug-likeness (QED) is 0.706. The number of carbonyl (C=O) groups is 2. The van der Waals surface area contributed by atoms with Gasteiger partial charge in [-0.3, -0.25) is 4.79 Å². The van der Waals surface area contributed by atoms with Crippen LogP contribution in [0.1, 0.15) is 62.2 Å². The molecule has 0 unspecified atom stereocenters. The number of piperidine rings is 1. The van der Waals surface area contributed by atoms with E-state index < -0.39 is 38.7 Å². The van der Waals surface area contributed by atoms with Crippen molar-refractivity contribution in [1.82, 2.24) is 9.62 Å². The number of sulfonamides is 1. The van der Waals surface area contributed by atoms with Crippen LogP contribution >= 0.6 is 0 Å². The first-order valence-corrected chi connectivity index (χ1v) is 11.5. The number of carbonyl (C=O) groups excluding carboxylic acids is 2. The second kappa shape index (κ2) is 9.21. The van der Waals surface area contributed by atoms with Crippen LogP contribution in [0.3, 0.4) is 0 Å². The van der Waals surface area contributed by atoms with Crippen LogP contribution in [0.15, 0.2) is 23.1 Å². The molecule has 2 fully saturated rings. The Hall–Kier alpha value is -2.00. The van der Waals surface area contributed by atoms with E-state index in [1.165, 1.54) is 11.2 Å². The molecule has 2 aliphatic rings. The number of hydrogen-bond donors (Lipinski definition) is 1. The first-order valence-electron chi connectivity index (χ1n) is 10.1. The molecule has 0 bridgehead atoms. The Kier molecular flexibility index (Phi) is 6.89. The summed E-state index contributed by atoms with van der Waals surface area (Å²) in [6.45, 7) is 2.11. The van der Waals surface area contributed by atoms with Crippen molar-refractivity contribution in [2.45, 2.75) is 68.9 Å². The monoisotopic (exact) mass is 426 g/mol. The van der Waals surface area contributed by atoms with E-state index in [9.17, 15) is 22.4 Å². The molecule has 1 aromatic carbocycles. The maximum atomic E-state index is 14.3. The van der Waals surface area contributed by atoms with Gasteiger partial charge in [-0.25, -0.2) is 17.6 Å². The first-order chi connectivity index (χ1) is 13.8. The van der Waals surface area contributed by atoms with Crippen LogP contribution in [0.5, 0.6) is 0 Å². The summed E-state index contributed by atoms with van der Waals surface area (Å²) in [5.41, 5.74) is -0.109. The number of nitrogens with zero attached hydrogens (tertiary/aromatic N) is 1. The highest BCUT2D eigenvalue weighted by atomic mass is 32.2. The van der Waals surface area contributed by atoms with Crippen molar-refractivity contribution in [3.63, 3.8) is 0 Å². The molecule has 1 N–H and O–H groups in total. The van der Waals surface area contributed by atoms with E-state index in [2.05, 4.69) is 5.32 Å². The molecule has 1 saturated carbocycles. The van der Waals surface area contributed by atoms with E-state index in [1.54, 1.807) is 0 Å². The zero-order valence-electron chi connectivity index (χ0n) is 16.5. The number of amides is 1. The maximum Gasteiger partial charge on any atom is 0.338 e. The van der Waals surface area contributed by atoms with Crippen LogP contribution < -0.4 is 5.32 Å². The molecule has 29 heavy (non-hydrogen) atoms. The number of esters is 1. The lowest BCUT2D eigenvalue weighted by Gasteiger charge is -2.26. The Labute approximate surface area is 170 Å². The standard InChI is InChI=1S/C20H27FN2O5S/c1-14(19(24)22-16-7-3-4-8-16)28-20(25)15-9-10-17(21)18(13-15)29(26,27)23-11-5-2-6-12-23/h9-10,13-14,16H,2-8,11-12H2,1H3,(H,22,24)/t14-/m1/s1. The highest BCUT2D eigenvalue weighted by Gasteiger charge is 2.30. The molecule has 0 radical (unpaired) electrons. The Morgan fingerprint density at radius 2 is 1.79 bits per heavy atom. The Bertz CT molecular complexity index is 862. The van der Waals surface area contributed by atoms with E-state index in [4.69, 9.17) is 4.74 Å². The van der Waals surface area contributed by atoms with Crippen LogP contribution in [-0.4, -0.2) is 49.8 Å². The molecule has 1 aromatic rings. The van der Waals surface area contributed by atoms with Gasteiger partial charge in [0.2, 0.25) is 10.0 Å². The SMILES string of the molecule is C[C@@H](OC(=O)c1ccc(F)c(S(=O)(=O)N2CCCCC2)c1)C(=O)NC1CCCC1. The summed E-state index contributed by atoms with van der Waals surface area (Å²) in [6, 6.07) is 3.18. The highest BCUT2D eigenvalue weighted by Crippen LogP contribution is 2.24. The average Bonchev–Trinajstić information content (AvgIpc) is 3.21. The normalized spacial score (nSPS) is 19.7. The fraction of sp³-hybridized carbons (Fsp3) is 0.600. The van der Waals surface area contributed by atoms with Crippen molar-refractivity contribution >= 4 is 21.9 Å². The third-order valence-electron chi connectivity index (χ3n) is 5.45. The van der Waals surface area contributed by atoms with Crippen molar-refractivity contribution in [3.8, 4) is 0 Å². The van der Waals surface area contributed by atoms with Gasteiger partial charge in [-0.05, 0) is 50.8 Å². The van der Waals surface area contributed by atoms with Crippen LogP contribution in [0.4, 0.5) is 4.39 Å². The fourth-order valence-electron chi connectivity index (χ4n) is 3.74. The Balaban J connectivity index is 1.71. The number of hydrogen-bond acceptors (Lipinski definition) is 5. The van der Waals surface area contributed by atoms with E-state index >= 15 is 0 Å². The number of nitrogens with one attached hydrogen (secondary N) is 1. The zero-order chi connectivity index (χ0) is 21.0. The van der Waals surface area contributed by atoms with Crippen LogP contribution in [-0.2, 0) is 19.6 Å². The minimum atomic E-state index is -4.04. The van der Waals surface area contributed by atoms with Gasteiger partial charge in [0.05, 0.1) is 5.56 Å². The average molecular weight is 427 g/mol. The van der Waals surface area contributed by atoms with Crippen molar-refractivity contribution in [1.29, 1.82) is 0 Å². The number of benzene rings is 1. The highest BCUT2D eigenvalue weighted by molar-refractivity contribution is 7.89. The van der Waals surface area contributed by atoms with Gasteiger partial charge in [-0.2, -0.15) is 4.31 Å². The molecule has 1 atom stereocenters. The van der Waals surface area contributed by atoms with Gasteiger partial charge in [0.15, 0.2) is 6.10 Å². The van der Waals surface area contributed by atoms with Crippen molar-refractivity contribution < 1.29 is 27.1 Å². The van der Waals surface area contributed by atoms with Crippen LogP contribution in [0.2, 0.25) is 0 Å². The number of halogens is 1. The predicted octanol–water partition coefficient (Wildman–Crippen LogP) is 2.60. The molecule has 1 saturated heterocycles. The predicted molar refractivity (Wildman–Crippen MR) is 104 cm³/mol. The maximum absolute atomic E-state index is 14.3. The van der Waals surface area contributed by atoms with Gasteiger partial charge in [0, 0.05) is 19.1 Å². The van der Waals surface area contributed by atoms with Crippen molar-refractivity contribution in [2.75, 3.05) is 13.1 Å². The molecule has 0 spiro atoms. The lowest BCUT2D eigenvalue weighted by Crippen LogP contribution is -2.40. The molecule has 7 nitrogen and oxygen atoms in total. The summed E-state index contributed by atoms with van der Waals surface area (Å²) in [6.07, 6.45) is 5.26. The molecular formula is C20H27FN2O5S. The molecular weight excluding hydrogens is 399 g/mol. The van der Waals surface area contributed by atoms with E-state index in [-0.39, 0.29) is 11.6 Å². The summed E-state index contributed by atoms with van der Waals surface area (Å²) in [5.74, 6) is -2.18. The van der Waals surface area contributed by atoms with E-state index in [0.717, 1.165) is 63.1 Å². The second-order valence-corrected chi connectivity index (χ2v) is 9.55. The Morgan fingerprint density at radius 1 is 1.14 bits per heavy atom. The third kappa shape index (κ3) is 5.14. The van der Waals surface area contributed by atoms with Gasteiger partial charge >= 0.3 is 5.97 Å². The van der Waals surface area contributed by atoms with Crippen molar-refractivity contribution in [2.24, 2.45) is 0 Å². The van der Waals surface area contributed by atoms with Gasteiger partial charge in [-0.1, -0.05) is 19.3 Å². The largest absolute Gasteiger partial charge is 0.449 e. The zero-order valence-corrected chi connectivity index (χ0v) is 17.3. The summed E-state index contributed by atoms with van der Waals surface area (Å²) >= 11 is 0. The molecule has 9 heteroatoms. The van der Waals surface area contributed by atoms with Gasteiger partial charge in [0.1, 0.15) is 10.7 Å². The molecule has 1 aliphatic carbocycles.